The molecule has 0 aliphatic rings. The molecule has 0 amide bonds. The monoisotopic (exact) mass is 260 g/mol. The van der Waals surface area contributed by atoms with Gasteiger partial charge in [0.2, 0.25) is 0 Å². The largest absolute Gasteiger partial charge is 0.469 e. The maximum Gasteiger partial charge on any atom is 0.305 e. The quantitative estimate of drug-likeness (QED) is 0.620. The topological polar surface area (TPSA) is 54.1 Å². The van der Waals surface area contributed by atoms with Gasteiger partial charge < -0.3 is 15.0 Å². The molecular formula is C15H20N2O2. The molecular weight excluding hydrogens is 240 g/mol. The highest BCUT2D eigenvalue weighted by Crippen LogP contribution is 2.21. The Kier molecular flexibility index (Phi) is 4.58. The molecule has 2 N–H and O–H groups in total. The van der Waals surface area contributed by atoms with E-state index in [0.717, 1.165) is 19.5 Å². The second-order valence-electron chi connectivity index (χ2n) is 4.63. The number of aromatic nitrogens is 1. The molecule has 2 aromatic rings. The van der Waals surface area contributed by atoms with E-state index in [0.29, 0.717) is 6.42 Å². The minimum atomic E-state index is -0.148. The van der Waals surface area contributed by atoms with E-state index >= 15 is 0 Å². The Bertz CT molecular complexity index is 560. The van der Waals surface area contributed by atoms with Crippen molar-refractivity contribution in [3.63, 3.8) is 0 Å². The number of H-pyrrole nitrogens is 1. The van der Waals surface area contributed by atoms with E-state index < -0.39 is 0 Å². The third-order valence-electron chi connectivity index (χ3n) is 3.29. The Morgan fingerprint density at radius 3 is 2.95 bits per heavy atom. The summed E-state index contributed by atoms with van der Waals surface area (Å²) in [4.78, 5) is 14.4. The van der Waals surface area contributed by atoms with Gasteiger partial charge in [0.25, 0.3) is 0 Å². The smallest absolute Gasteiger partial charge is 0.305 e. The van der Waals surface area contributed by atoms with Crippen LogP contribution < -0.4 is 5.32 Å². The molecule has 1 heterocycles. The molecule has 1 aromatic carbocycles. The maximum absolute atomic E-state index is 11.0. The van der Waals surface area contributed by atoms with E-state index in [4.69, 9.17) is 0 Å². The first-order chi connectivity index (χ1) is 9.22. The fraction of sp³-hybridized carbons (Fsp3) is 0.400. The number of benzene rings is 1. The Balaban J connectivity index is 1.88. The molecule has 0 radical (unpaired) electrons. The number of hydrogen-bond acceptors (Lipinski definition) is 3. The van der Waals surface area contributed by atoms with Crippen molar-refractivity contribution in [3.8, 4) is 0 Å². The van der Waals surface area contributed by atoms with E-state index in [1.165, 1.54) is 29.3 Å². The van der Waals surface area contributed by atoms with E-state index in [2.05, 4.69) is 40.2 Å². The molecule has 102 valence electrons. The maximum atomic E-state index is 11.0. The summed E-state index contributed by atoms with van der Waals surface area (Å²) in [5.41, 5.74) is 3.67. The van der Waals surface area contributed by atoms with Crippen molar-refractivity contribution < 1.29 is 9.53 Å². The summed E-state index contributed by atoms with van der Waals surface area (Å²) in [6.45, 7) is 3.72. The summed E-state index contributed by atoms with van der Waals surface area (Å²) in [5, 5.41) is 4.64. The molecule has 19 heavy (non-hydrogen) atoms. The van der Waals surface area contributed by atoms with Crippen LogP contribution in [0.5, 0.6) is 0 Å². The lowest BCUT2D eigenvalue weighted by Gasteiger charge is -2.05. The molecule has 2 rings (SSSR count). The molecule has 0 unspecified atom stereocenters. The minimum Gasteiger partial charge on any atom is -0.469 e. The number of aromatic amines is 1. The number of fused-ring (bicyclic) bond motifs is 1. The number of methoxy groups -OCH3 is 1. The Morgan fingerprint density at radius 2 is 2.16 bits per heavy atom. The minimum absolute atomic E-state index is 0.148. The van der Waals surface area contributed by atoms with Crippen LogP contribution in [-0.4, -0.2) is 24.6 Å². The van der Waals surface area contributed by atoms with Gasteiger partial charge >= 0.3 is 5.97 Å². The zero-order chi connectivity index (χ0) is 13.7. The average molecular weight is 260 g/mol. The molecule has 0 saturated carbocycles. The lowest BCUT2D eigenvalue weighted by molar-refractivity contribution is -0.140. The predicted molar refractivity (Wildman–Crippen MR) is 76.0 cm³/mol. The van der Waals surface area contributed by atoms with Gasteiger partial charge in [0.15, 0.2) is 0 Å². The normalized spacial score (nSPS) is 10.8. The van der Waals surface area contributed by atoms with Crippen molar-refractivity contribution >= 4 is 16.9 Å². The fourth-order valence-electron chi connectivity index (χ4n) is 2.24. The van der Waals surface area contributed by atoms with Gasteiger partial charge in [-0.05, 0) is 31.5 Å². The SMILES string of the molecule is COC(=O)CCCNCc1c(C)[nH]c2ccccc12. The fourth-order valence-corrected chi connectivity index (χ4v) is 2.24. The van der Waals surface area contributed by atoms with Crippen LogP contribution in [0.3, 0.4) is 0 Å². The number of ether oxygens (including phenoxy) is 1. The molecule has 4 nitrogen and oxygen atoms in total. The highest BCUT2D eigenvalue weighted by atomic mass is 16.5. The number of aryl methyl sites for hydroxylation is 1. The predicted octanol–water partition coefficient (Wildman–Crippen LogP) is 2.52. The molecule has 0 spiro atoms. The van der Waals surface area contributed by atoms with Crippen LogP contribution in [0.25, 0.3) is 10.9 Å². The van der Waals surface area contributed by atoms with Gasteiger partial charge in [0.05, 0.1) is 7.11 Å². The highest BCUT2D eigenvalue weighted by Gasteiger charge is 2.07. The van der Waals surface area contributed by atoms with Crippen molar-refractivity contribution in [2.75, 3.05) is 13.7 Å². The second-order valence-corrected chi connectivity index (χ2v) is 4.63. The summed E-state index contributed by atoms with van der Waals surface area (Å²) in [6.07, 6.45) is 1.27. The number of para-hydroxylation sites is 1. The van der Waals surface area contributed by atoms with Crippen LogP contribution in [-0.2, 0) is 16.1 Å². The van der Waals surface area contributed by atoms with Crippen LogP contribution >= 0.6 is 0 Å². The lowest BCUT2D eigenvalue weighted by atomic mass is 10.1. The number of hydrogen-bond donors (Lipinski definition) is 2. The van der Waals surface area contributed by atoms with Gasteiger partial charge in [0, 0.05) is 29.6 Å². The van der Waals surface area contributed by atoms with Crippen molar-refractivity contribution in [1.82, 2.24) is 10.3 Å². The van der Waals surface area contributed by atoms with Gasteiger partial charge in [0.1, 0.15) is 0 Å². The third kappa shape index (κ3) is 3.35. The van der Waals surface area contributed by atoms with Crippen LogP contribution in [0.1, 0.15) is 24.1 Å². The molecule has 4 heteroatoms. The standard InChI is InChI=1S/C15H20N2O2/c1-11-13(10-16-9-5-8-15(18)19-2)12-6-3-4-7-14(12)17-11/h3-4,6-7,16-17H,5,8-10H2,1-2H3. The average Bonchev–Trinajstić information content (AvgIpc) is 2.74. The van der Waals surface area contributed by atoms with Gasteiger partial charge in [-0.25, -0.2) is 0 Å². The summed E-state index contributed by atoms with van der Waals surface area (Å²) < 4.78 is 4.61. The molecule has 0 saturated heterocycles. The third-order valence-corrected chi connectivity index (χ3v) is 3.29. The Hall–Kier alpha value is -1.81. The highest BCUT2D eigenvalue weighted by molar-refractivity contribution is 5.84. The number of carbonyl (C=O) groups excluding carboxylic acids is 1. The van der Waals surface area contributed by atoms with Crippen molar-refractivity contribution in [3.05, 3.63) is 35.5 Å². The number of carbonyl (C=O) groups is 1. The first kappa shape index (κ1) is 13.6. The van der Waals surface area contributed by atoms with Crippen LogP contribution in [0, 0.1) is 6.92 Å². The van der Waals surface area contributed by atoms with Crippen molar-refractivity contribution in [2.45, 2.75) is 26.3 Å². The van der Waals surface area contributed by atoms with Crippen molar-refractivity contribution in [1.29, 1.82) is 0 Å². The van der Waals surface area contributed by atoms with E-state index in [1.807, 2.05) is 6.07 Å². The number of rotatable bonds is 6. The summed E-state index contributed by atoms with van der Waals surface area (Å²) >= 11 is 0. The van der Waals surface area contributed by atoms with Crippen LogP contribution in [0.4, 0.5) is 0 Å². The van der Waals surface area contributed by atoms with Gasteiger partial charge in [-0.2, -0.15) is 0 Å². The molecule has 0 aliphatic carbocycles. The lowest BCUT2D eigenvalue weighted by Crippen LogP contribution is -2.16. The zero-order valence-electron chi connectivity index (χ0n) is 11.5. The first-order valence-corrected chi connectivity index (χ1v) is 6.56. The Labute approximate surface area is 113 Å². The molecule has 0 bridgehead atoms. The van der Waals surface area contributed by atoms with E-state index in [9.17, 15) is 4.79 Å². The zero-order valence-corrected chi connectivity index (χ0v) is 11.5. The molecule has 1 aromatic heterocycles. The first-order valence-electron chi connectivity index (χ1n) is 6.56. The van der Waals surface area contributed by atoms with Gasteiger partial charge in [-0.3, -0.25) is 4.79 Å². The van der Waals surface area contributed by atoms with E-state index in [1.54, 1.807) is 0 Å². The van der Waals surface area contributed by atoms with Gasteiger partial charge in [-0.15, -0.1) is 0 Å². The molecule has 0 atom stereocenters. The second kappa shape index (κ2) is 6.38. The van der Waals surface area contributed by atoms with Crippen LogP contribution in [0.2, 0.25) is 0 Å². The van der Waals surface area contributed by atoms with Crippen molar-refractivity contribution in [2.24, 2.45) is 0 Å². The summed E-state index contributed by atoms with van der Waals surface area (Å²) in [6, 6.07) is 8.30. The summed E-state index contributed by atoms with van der Waals surface area (Å²) in [5.74, 6) is -0.148. The molecule has 0 aliphatic heterocycles. The molecule has 0 fully saturated rings. The van der Waals surface area contributed by atoms with E-state index in [-0.39, 0.29) is 5.97 Å². The van der Waals surface area contributed by atoms with Gasteiger partial charge in [-0.1, -0.05) is 18.2 Å². The van der Waals surface area contributed by atoms with Crippen LogP contribution in [0.15, 0.2) is 24.3 Å². The number of nitrogens with one attached hydrogen (secondary N) is 2. The summed E-state index contributed by atoms with van der Waals surface area (Å²) in [7, 11) is 1.42. The Morgan fingerprint density at radius 1 is 1.37 bits per heavy atom. The number of esters is 1.